The Morgan fingerprint density at radius 2 is 1.87 bits per heavy atom. The average molecular weight is 441 g/mol. The van der Waals surface area contributed by atoms with Crippen LogP contribution in [-0.2, 0) is 38.3 Å². The zero-order valence-electron chi connectivity index (χ0n) is 17.8. The fraction of sp³-hybridized carbons (Fsp3) is 0.524. The van der Waals surface area contributed by atoms with Crippen molar-refractivity contribution in [2.24, 2.45) is 5.90 Å². The summed E-state index contributed by atoms with van der Waals surface area (Å²) in [7, 11) is -4.27. The van der Waals surface area contributed by atoms with Crippen LogP contribution in [0, 0.1) is 0 Å². The summed E-state index contributed by atoms with van der Waals surface area (Å²) in [5.74, 6) is 4.45. The van der Waals surface area contributed by atoms with Crippen molar-refractivity contribution in [3.63, 3.8) is 0 Å². The maximum absolute atomic E-state index is 11.1. The Balaban J connectivity index is 1.93. The number of nitrogens with two attached hydrogens (primary N) is 1. The predicted molar refractivity (Wildman–Crippen MR) is 115 cm³/mol. The van der Waals surface area contributed by atoms with E-state index in [1.807, 2.05) is 0 Å². The lowest BCUT2D eigenvalue weighted by Gasteiger charge is -2.13. The third-order valence-electron chi connectivity index (χ3n) is 5.12. The van der Waals surface area contributed by atoms with Crippen molar-refractivity contribution in [2.45, 2.75) is 65.8 Å². The van der Waals surface area contributed by atoms with Crippen LogP contribution in [0.3, 0.4) is 0 Å². The van der Waals surface area contributed by atoms with Crippen LogP contribution in [0.5, 0.6) is 11.8 Å². The minimum Gasteiger partial charge on any atom is -0.494 e. The molecular weight excluding hydrogens is 408 g/mol. The van der Waals surface area contributed by atoms with Gasteiger partial charge in [0.25, 0.3) is 0 Å². The summed E-state index contributed by atoms with van der Waals surface area (Å²) in [6.45, 7) is 5.97. The van der Waals surface area contributed by atoms with Crippen LogP contribution >= 0.6 is 0 Å². The summed E-state index contributed by atoms with van der Waals surface area (Å²) in [6.07, 6.45) is 11.6. The molecule has 8 nitrogen and oxygen atoms in total. The molecule has 2 rings (SSSR count). The summed E-state index contributed by atoms with van der Waals surface area (Å²) in [5.41, 5.74) is 5.24. The van der Waals surface area contributed by atoms with Gasteiger partial charge in [0.1, 0.15) is 0 Å². The Morgan fingerprint density at radius 1 is 1.17 bits per heavy atom. The van der Waals surface area contributed by atoms with Gasteiger partial charge in [-0.1, -0.05) is 34.9 Å². The first-order valence-electron chi connectivity index (χ1n) is 10.0. The zero-order valence-corrected chi connectivity index (χ0v) is 18.7. The SMILES string of the molecule is CC(C)=CCCC(C)=CCCC1=CCc2c(c(O)n(CCOS(=O)(=O)ON)c2O)C1. The standard InChI is InChI=1S/C21H32N2O6S/c1-15(2)6-4-7-16(3)8-5-9-17-10-11-18-19(14-17)21(25)23(20(18)24)12-13-28-30(26,27)29-22/h6,8,10,24-25H,4-5,7,9,11-14,22H2,1-3H3. The van der Waals surface area contributed by atoms with Crippen molar-refractivity contribution < 1.29 is 27.1 Å². The fourth-order valence-electron chi connectivity index (χ4n) is 3.50. The molecule has 9 heteroatoms. The molecular formula is C21H32N2O6S. The van der Waals surface area contributed by atoms with Crippen LogP contribution in [0.25, 0.3) is 0 Å². The van der Waals surface area contributed by atoms with Gasteiger partial charge in [0.15, 0.2) is 11.8 Å². The Kier molecular flexibility index (Phi) is 8.72. The average Bonchev–Trinajstić information content (AvgIpc) is 2.92. The van der Waals surface area contributed by atoms with E-state index in [0.29, 0.717) is 24.0 Å². The fourth-order valence-corrected chi connectivity index (χ4v) is 3.83. The topological polar surface area (TPSA) is 124 Å². The molecule has 0 aliphatic heterocycles. The first-order valence-corrected chi connectivity index (χ1v) is 11.3. The van der Waals surface area contributed by atoms with E-state index in [0.717, 1.165) is 25.7 Å². The van der Waals surface area contributed by atoms with Crippen LogP contribution < -0.4 is 5.90 Å². The number of hydrogen-bond acceptors (Lipinski definition) is 7. The number of allylic oxidation sites excluding steroid dienone is 6. The molecule has 0 unspecified atom stereocenters. The van der Waals surface area contributed by atoms with Crippen LogP contribution in [0.15, 0.2) is 34.9 Å². The highest BCUT2D eigenvalue weighted by atomic mass is 32.3. The lowest BCUT2D eigenvalue weighted by molar-refractivity contribution is 0.206. The molecule has 0 aromatic carbocycles. The Morgan fingerprint density at radius 3 is 2.53 bits per heavy atom. The van der Waals surface area contributed by atoms with E-state index in [-0.39, 0.29) is 24.9 Å². The molecule has 0 bridgehead atoms. The van der Waals surface area contributed by atoms with Crippen LogP contribution in [0.2, 0.25) is 0 Å². The van der Waals surface area contributed by atoms with E-state index in [4.69, 9.17) is 0 Å². The minimum atomic E-state index is -4.27. The number of rotatable bonds is 11. The number of hydrogen-bond donors (Lipinski definition) is 3. The molecule has 30 heavy (non-hydrogen) atoms. The molecule has 1 aromatic heterocycles. The highest BCUT2D eigenvalue weighted by Gasteiger charge is 2.25. The molecule has 168 valence electrons. The summed E-state index contributed by atoms with van der Waals surface area (Å²) in [5, 5.41) is 20.9. The van der Waals surface area contributed by atoms with Crippen molar-refractivity contribution in [2.75, 3.05) is 6.61 Å². The van der Waals surface area contributed by atoms with Gasteiger partial charge in [0.05, 0.1) is 13.2 Å². The maximum Gasteiger partial charge on any atom is 0.415 e. The second-order valence-electron chi connectivity index (χ2n) is 7.73. The van der Waals surface area contributed by atoms with E-state index in [1.54, 1.807) is 0 Å². The minimum absolute atomic E-state index is 0.0593. The van der Waals surface area contributed by atoms with Crippen molar-refractivity contribution >= 4 is 10.4 Å². The molecule has 1 aliphatic rings. The lowest BCUT2D eigenvalue weighted by Crippen LogP contribution is -2.17. The Hall–Kier alpha value is -2.07. The first kappa shape index (κ1) is 24.2. The highest BCUT2D eigenvalue weighted by molar-refractivity contribution is 7.81. The van der Waals surface area contributed by atoms with Crippen molar-refractivity contribution in [1.29, 1.82) is 0 Å². The smallest absolute Gasteiger partial charge is 0.415 e. The van der Waals surface area contributed by atoms with Gasteiger partial charge < -0.3 is 10.2 Å². The largest absolute Gasteiger partial charge is 0.494 e. The summed E-state index contributed by atoms with van der Waals surface area (Å²) in [4.78, 5) is 0. The maximum atomic E-state index is 11.1. The molecule has 1 aromatic rings. The highest BCUT2D eigenvalue weighted by Crippen LogP contribution is 2.39. The molecule has 1 heterocycles. The van der Waals surface area contributed by atoms with Gasteiger partial charge in [-0.25, -0.2) is 4.18 Å². The monoisotopic (exact) mass is 440 g/mol. The summed E-state index contributed by atoms with van der Waals surface area (Å²) in [6, 6.07) is 0. The van der Waals surface area contributed by atoms with Gasteiger partial charge in [-0.3, -0.25) is 4.57 Å². The van der Waals surface area contributed by atoms with Gasteiger partial charge in [-0.2, -0.15) is 18.6 Å². The van der Waals surface area contributed by atoms with Crippen molar-refractivity contribution in [3.8, 4) is 11.8 Å². The van der Waals surface area contributed by atoms with Gasteiger partial charge >= 0.3 is 10.4 Å². The molecule has 0 saturated carbocycles. The predicted octanol–water partition coefficient (Wildman–Crippen LogP) is 3.55. The molecule has 0 atom stereocenters. The van der Waals surface area contributed by atoms with Crippen LogP contribution in [0.1, 0.15) is 57.6 Å². The normalized spacial score (nSPS) is 14.4. The number of nitrogens with zero attached hydrogens (tertiary/aromatic N) is 1. The van der Waals surface area contributed by atoms with E-state index in [2.05, 4.69) is 53.4 Å². The lowest BCUT2D eigenvalue weighted by atomic mass is 9.91. The number of fused-ring (bicyclic) bond motifs is 1. The molecule has 0 saturated heterocycles. The van der Waals surface area contributed by atoms with E-state index >= 15 is 0 Å². The van der Waals surface area contributed by atoms with E-state index in [1.165, 1.54) is 21.3 Å². The summed E-state index contributed by atoms with van der Waals surface area (Å²) < 4.78 is 31.7. The van der Waals surface area contributed by atoms with Crippen LogP contribution in [-0.4, -0.2) is 29.8 Å². The molecule has 1 aliphatic carbocycles. The van der Waals surface area contributed by atoms with Crippen LogP contribution in [0.4, 0.5) is 0 Å². The Labute approximate surface area is 178 Å². The molecule has 0 spiro atoms. The second kappa shape index (κ2) is 10.8. The number of aromatic nitrogens is 1. The third-order valence-corrected chi connectivity index (χ3v) is 5.82. The molecule has 0 fully saturated rings. The van der Waals surface area contributed by atoms with Gasteiger partial charge in [0, 0.05) is 11.1 Å². The third kappa shape index (κ3) is 6.73. The second-order valence-corrected chi connectivity index (χ2v) is 8.98. The zero-order chi connectivity index (χ0) is 22.3. The van der Waals surface area contributed by atoms with E-state index in [9.17, 15) is 18.6 Å². The van der Waals surface area contributed by atoms with E-state index < -0.39 is 10.4 Å². The first-order chi connectivity index (χ1) is 14.1. The molecule has 4 N–H and O–H groups in total. The van der Waals surface area contributed by atoms with Crippen molar-refractivity contribution in [3.05, 3.63) is 46.1 Å². The summed E-state index contributed by atoms with van der Waals surface area (Å²) >= 11 is 0. The number of aromatic hydroxyl groups is 2. The van der Waals surface area contributed by atoms with Gasteiger partial charge in [-0.15, -0.1) is 0 Å². The van der Waals surface area contributed by atoms with Gasteiger partial charge in [0.2, 0.25) is 0 Å². The van der Waals surface area contributed by atoms with Gasteiger partial charge in [-0.05, 0) is 59.3 Å². The quantitative estimate of drug-likeness (QED) is 0.355. The van der Waals surface area contributed by atoms with Crippen molar-refractivity contribution in [1.82, 2.24) is 4.57 Å². The molecule has 0 amide bonds. The Bertz CT molecular complexity index is 937. The molecule has 0 radical (unpaired) electrons.